The third-order valence-electron chi connectivity index (χ3n) is 18.0. The van der Waals surface area contributed by atoms with Gasteiger partial charge in [0.25, 0.3) is 0 Å². The van der Waals surface area contributed by atoms with Crippen molar-refractivity contribution in [1.82, 2.24) is 0 Å². The van der Waals surface area contributed by atoms with Gasteiger partial charge in [0, 0.05) is 25.7 Å². The van der Waals surface area contributed by atoms with Crippen LogP contribution in [0.15, 0.2) is 24.3 Å². The zero-order valence-corrected chi connectivity index (χ0v) is 66.2. The summed E-state index contributed by atoms with van der Waals surface area (Å²) in [6, 6.07) is 0. The van der Waals surface area contributed by atoms with Gasteiger partial charge < -0.3 is 33.8 Å². The average Bonchev–Trinajstić information content (AvgIpc) is 1.07. The number of hydrogen-bond donors (Lipinski definition) is 3. The second kappa shape index (κ2) is 69.9. The molecule has 99 heavy (non-hydrogen) atoms. The maximum Gasteiger partial charge on any atom is 0.472 e. The predicted octanol–water partition coefficient (Wildman–Crippen LogP) is 23.3. The number of ether oxygens (including phenoxy) is 4. The normalized spacial score (nSPS) is 14.2. The molecule has 0 heterocycles. The standard InChI is InChI=1S/C80H152O17P2/c1-8-9-10-11-12-13-14-15-20-24-29-34-39-47-54-61-77(82)90-67-75(96-79(84)63-56-49-40-35-30-25-22-19-17-16-18-21-23-27-32-37-44-51-58-71(2)3)69-94-98(86,87)92-65-74(81)66-93-99(88,89)95-70-76(68-91-78(83)62-55-48-43-42-46-53-60-73(6)7)97-80(85)64-57-50-41-36-31-26-28-33-38-45-52-59-72(4)5/h13-15,20,71-76,81H,8-12,16-19,21-70H2,1-7H3,(H,86,87)(H,88,89)/b14-13-,20-15-/t74-,75-,76-/m1/s1. The van der Waals surface area contributed by atoms with Crippen LogP contribution >= 0.6 is 15.6 Å². The Hall–Kier alpha value is -2.46. The molecule has 5 atom stereocenters. The maximum absolute atomic E-state index is 13.1. The van der Waals surface area contributed by atoms with E-state index in [4.69, 9.17) is 37.0 Å². The minimum absolute atomic E-state index is 0.101. The molecule has 0 aliphatic rings. The SMILES string of the molecule is CCCCCC/C=C\C=C/CCCCCCCC(=O)OC[C@H](COP(=O)(O)OC[C@@H](O)COP(=O)(O)OC[C@@H](COC(=O)CCCCCCCCC(C)C)OC(=O)CCCCCCCCCCCCCC(C)C)OC(=O)CCCCCCCCCCCCCCCCCCCCC(C)C. The van der Waals surface area contributed by atoms with E-state index in [1.54, 1.807) is 0 Å². The molecule has 0 aromatic heterocycles. The number of esters is 4. The van der Waals surface area contributed by atoms with Crippen LogP contribution in [0.25, 0.3) is 0 Å². The van der Waals surface area contributed by atoms with E-state index in [0.29, 0.717) is 31.6 Å². The van der Waals surface area contributed by atoms with Crippen molar-refractivity contribution in [2.24, 2.45) is 17.8 Å². The van der Waals surface area contributed by atoms with Crippen molar-refractivity contribution in [3.05, 3.63) is 24.3 Å². The lowest BCUT2D eigenvalue weighted by atomic mass is 10.0. The zero-order chi connectivity index (χ0) is 73.0. The monoisotopic (exact) mass is 1450 g/mol. The third-order valence-corrected chi connectivity index (χ3v) is 19.9. The maximum atomic E-state index is 13.1. The van der Waals surface area contributed by atoms with E-state index in [0.717, 1.165) is 127 Å². The molecule has 0 bridgehead atoms. The first-order chi connectivity index (χ1) is 47.7. The average molecular weight is 1450 g/mol. The molecular formula is C80H152O17P2. The van der Waals surface area contributed by atoms with Crippen LogP contribution in [0, 0.1) is 17.8 Å². The highest BCUT2D eigenvalue weighted by molar-refractivity contribution is 7.47. The molecule has 0 aromatic carbocycles. The zero-order valence-electron chi connectivity index (χ0n) is 64.4. The van der Waals surface area contributed by atoms with Crippen molar-refractivity contribution in [2.75, 3.05) is 39.6 Å². The summed E-state index contributed by atoms with van der Waals surface area (Å²) < 4.78 is 68.6. The van der Waals surface area contributed by atoms with Crippen molar-refractivity contribution >= 4 is 39.5 Å². The first kappa shape index (κ1) is 96.5. The van der Waals surface area contributed by atoms with Crippen molar-refractivity contribution in [1.29, 1.82) is 0 Å². The number of allylic oxidation sites excluding steroid dienone is 4. The van der Waals surface area contributed by atoms with E-state index in [-0.39, 0.29) is 25.7 Å². The third kappa shape index (κ3) is 73.6. The van der Waals surface area contributed by atoms with E-state index in [9.17, 15) is 43.2 Å². The fourth-order valence-corrected chi connectivity index (χ4v) is 13.3. The number of unbranched alkanes of at least 4 members (excludes halogenated alkanes) is 41. The number of aliphatic hydroxyl groups excluding tert-OH is 1. The fraction of sp³-hybridized carbons (Fsp3) is 0.900. The van der Waals surface area contributed by atoms with Gasteiger partial charge in [0.15, 0.2) is 12.2 Å². The molecule has 0 aliphatic carbocycles. The first-order valence-electron chi connectivity index (χ1n) is 40.7. The van der Waals surface area contributed by atoms with Crippen LogP contribution in [0.1, 0.15) is 389 Å². The van der Waals surface area contributed by atoms with Crippen LogP contribution in [0.4, 0.5) is 0 Å². The Kier molecular flexibility index (Phi) is 68.1. The summed E-state index contributed by atoms with van der Waals surface area (Å²) in [4.78, 5) is 72.9. The molecule has 0 fully saturated rings. The largest absolute Gasteiger partial charge is 0.472 e. The molecule has 0 saturated heterocycles. The highest BCUT2D eigenvalue weighted by Crippen LogP contribution is 2.45. The van der Waals surface area contributed by atoms with Crippen molar-refractivity contribution < 1.29 is 80.2 Å². The van der Waals surface area contributed by atoms with Gasteiger partial charge in [-0.25, -0.2) is 9.13 Å². The molecule has 3 N–H and O–H groups in total. The fourth-order valence-electron chi connectivity index (χ4n) is 11.8. The van der Waals surface area contributed by atoms with Gasteiger partial charge in [0.2, 0.25) is 0 Å². The molecule has 2 unspecified atom stereocenters. The van der Waals surface area contributed by atoms with E-state index >= 15 is 0 Å². The van der Waals surface area contributed by atoms with E-state index in [2.05, 4.69) is 72.8 Å². The molecule has 0 aromatic rings. The van der Waals surface area contributed by atoms with Gasteiger partial charge >= 0.3 is 39.5 Å². The summed E-state index contributed by atoms with van der Waals surface area (Å²) in [6.07, 6.45) is 60.7. The molecule has 0 spiro atoms. The van der Waals surface area contributed by atoms with Gasteiger partial charge in [0.1, 0.15) is 19.3 Å². The predicted molar refractivity (Wildman–Crippen MR) is 404 cm³/mol. The minimum Gasteiger partial charge on any atom is -0.462 e. The molecule has 0 saturated carbocycles. The number of phosphoric acid groups is 2. The molecule has 19 heteroatoms. The summed E-state index contributed by atoms with van der Waals surface area (Å²) in [5.74, 6) is 0.114. The lowest BCUT2D eigenvalue weighted by molar-refractivity contribution is -0.161. The topological polar surface area (TPSA) is 237 Å². The van der Waals surface area contributed by atoms with Gasteiger partial charge in [-0.3, -0.25) is 37.3 Å². The Bertz CT molecular complexity index is 2020. The van der Waals surface area contributed by atoms with Gasteiger partial charge in [-0.05, 0) is 69.1 Å². The Balaban J connectivity index is 5.24. The van der Waals surface area contributed by atoms with Crippen LogP contribution in [-0.4, -0.2) is 96.7 Å². The van der Waals surface area contributed by atoms with Gasteiger partial charge in [-0.15, -0.1) is 0 Å². The van der Waals surface area contributed by atoms with Crippen LogP contribution in [0.3, 0.4) is 0 Å². The smallest absolute Gasteiger partial charge is 0.462 e. The lowest BCUT2D eigenvalue weighted by Crippen LogP contribution is -2.30. The van der Waals surface area contributed by atoms with Crippen LogP contribution in [-0.2, 0) is 65.4 Å². The Morgan fingerprint density at radius 3 is 0.818 bits per heavy atom. The number of aliphatic hydroxyl groups is 1. The Morgan fingerprint density at radius 2 is 0.545 bits per heavy atom. The highest BCUT2D eigenvalue weighted by Gasteiger charge is 2.30. The summed E-state index contributed by atoms with van der Waals surface area (Å²) in [5, 5.41) is 10.6. The first-order valence-corrected chi connectivity index (χ1v) is 43.7. The summed E-state index contributed by atoms with van der Waals surface area (Å²) in [5.41, 5.74) is 0. The van der Waals surface area contributed by atoms with Crippen LogP contribution in [0.2, 0.25) is 0 Å². The number of carbonyl (C=O) groups excluding carboxylic acids is 4. The number of rotatable bonds is 76. The van der Waals surface area contributed by atoms with Crippen LogP contribution < -0.4 is 0 Å². The Morgan fingerprint density at radius 1 is 0.313 bits per heavy atom. The van der Waals surface area contributed by atoms with Gasteiger partial charge in [-0.1, -0.05) is 336 Å². The molecule has 17 nitrogen and oxygen atoms in total. The van der Waals surface area contributed by atoms with Gasteiger partial charge in [-0.2, -0.15) is 0 Å². The highest BCUT2D eigenvalue weighted by atomic mass is 31.2. The second-order valence-electron chi connectivity index (χ2n) is 29.5. The second-order valence-corrected chi connectivity index (χ2v) is 32.5. The van der Waals surface area contributed by atoms with Crippen molar-refractivity contribution in [2.45, 2.75) is 407 Å². The summed E-state index contributed by atoms with van der Waals surface area (Å²) in [7, 11) is -9.93. The molecule has 584 valence electrons. The van der Waals surface area contributed by atoms with Crippen LogP contribution in [0.5, 0.6) is 0 Å². The molecule has 0 radical (unpaired) electrons. The van der Waals surface area contributed by atoms with E-state index in [1.165, 1.54) is 173 Å². The molecule has 0 rings (SSSR count). The Labute approximate surface area is 605 Å². The van der Waals surface area contributed by atoms with E-state index in [1.807, 2.05) is 0 Å². The molecule has 0 amide bonds. The number of phosphoric ester groups is 2. The van der Waals surface area contributed by atoms with Gasteiger partial charge in [0.05, 0.1) is 26.4 Å². The lowest BCUT2D eigenvalue weighted by Gasteiger charge is -2.21. The molecule has 0 aliphatic heterocycles. The summed E-state index contributed by atoms with van der Waals surface area (Å²) in [6.45, 7) is 11.8. The summed E-state index contributed by atoms with van der Waals surface area (Å²) >= 11 is 0. The molecular weight excluding hydrogens is 1290 g/mol. The van der Waals surface area contributed by atoms with Crippen molar-refractivity contribution in [3.63, 3.8) is 0 Å². The minimum atomic E-state index is -4.97. The van der Waals surface area contributed by atoms with E-state index < -0.39 is 97.5 Å². The number of carbonyl (C=O) groups is 4. The van der Waals surface area contributed by atoms with Crippen molar-refractivity contribution in [3.8, 4) is 0 Å². The number of hydrogen-bond acceptors (Lipinski definition) is 15. The quantitative estimate of drug-likeness (QED) is 0.0169.